The molecule has 1 saturated heterocycles. The second-order valence-corrected chi connectivity index (χ2v) is 12.2. The van der Waals surface area contributed by atoms with E-state index in [1.807, 2.05) is 48.5 Å². The number of pyridine rings is 1. The first kappa shape index (κ1) is 26.0. The van der Waals surface area contributed by atoms with Crippen molar-refractivity contribution in [2.75, 3.05) is 36.1 Å². The van der Waals surface area contributed by atoms with Crippen LogP contribution in [0.4, 0.5) is 11.5 Å². The maximum absolute atomic E-state index is 11.9. The van der Waals surface area contributed by atoms with Crippen LogP contribution in [0.3, 0.4) is 0 Å². The summed E-state index contributed by atoms with van der Waals surface area (Å²) in [6.07, 6.45) is 2.99. The summed E-state index contributed by atoms with van der Waals surface area (Å²) < 4.78 is 23.9. The predicted molar refractivity (Wildman–Crippen MR) is 156 cm³/mol. The van der Waals surface area contributed by atoms with Crippen molar-refractivity contribution in [3.05, 3.63) is 72.9 Å². The molecule has 5 rings (SSSR count). The number of hydrogen-bond donors (Lipinski definition) is 1. The van der Waals surface area contributed by atoms with E-state index in [0.717, 1.165) is 47.6 Å². The number of thiocarbonyl (C=S) groups is 1. The van der Waals surface area contributed by atoms with E-state index >= 15 is 0 Å². The third-order valence-electron chi connectivity index (χ3n) is 6.87. The van der Waals surface area contributed by atoms with Crippen LogP contribution in [0.25, 0.3) is 22.2 Å². The quantitative estimate of drug-likeness (QED) is 0.360. The van der Waals surface area contributed by atoms with E-state index in [4.69, 9.17) is 12.2 Å². The highest BCUT2D eigenvalue weighted by Gasteiger charge is 2.31. The Morgan fingerprint density at radius 1 is 1.03 bits per heavy atom. The molecule has 0 amide bonds. The minimum Gasteiger partial charge on any atom is -0.351 e. The molecule has 0 saturated carbocycles. The molecule has 1 aliphatic rings. The number of hydrogen-bond acceptors (Lipinski definition) is 7. The van der Waals surface area contributed by atoms with Crippen molar-refractivity contribution < 1.29 is 8.42 Å². The summed E-state index contributed by atoms with van der Waals surface area (Å²) in [7, 11) is -3.30. The van der Waals surface area contributed by atoms with Crippen LogP contribution in [-0.4, -0.2) is 65.5 Å². The second kappa shape index (κ2) is 10.6. The van der Waals surface area contributed by atoms with Gasteiger partial charge in [-0.25, -0.2) is 8.42 Å². The van der Waals surface area contributed by atoms with Crippen LogP contribution in [0.2, 0.25) is 0 Å². The van der Waals surface area contributed by atoms with Crippen molar-refractivity contribution in [1.29, 1.82) is 0 Å². The maximum Gasteiger partial charge on any atom is 0.175 e. The lowest BCUT2D eigenvalue weighted by molar-refractivity contribution is 0.227. The van der Waals surface area contributed by atoms with Gasteiger partial charge in [-0.3, -0.25) is 4.98 Å². The SMILES string of the molecule is CC(C)C1CN(c2ccc(-c3cccc(S(C)(=O)=O)c3)nn2)CCN1C(=S)Nc1cccc2ncccc12. The molecule has 4 aromatic rings. The van der Waals surface area contributed by atoms with Crippen LogP contribution in [0.15, 0.2) is 77.8 Å². The molecule has 1 unspecified atom stereocenters. The number of aromatic nitrogens is 3. The summed E-state index contributed by atoms with van der Waals surface area (Å²) in [5.41, 5.74) is 3.23. The fourth-order valence-corrected chi connectivity index (χ4v) is 5.78. The van der Waals surface area contributed by atoms with Gasteiger partial charge in [-0.2, -0.15) is 0 Å². The van der Waals surface area contributed by atoms with Gasteiger partial charge in [0.05, 0.1) is 22.1 Å². The molecule has 0 bridgehead atoms. The average molecular weight is 547 g/mol. The maximum atomic E-state index is 11.9. The minimum atomic E-state index is -3.30. The van der Waals surface area contributed by atoms with Gasteiger partial charge in [-0.1, -0.05) is 32.0 Å². The van der Waals surface area contributed by atoms with Crippen molar-refractivity contribution >= 4 is 49.6 Å². The van der Waals surface area contributed by atoms with Crippen LogP contribution in [0.1, 0.15) is 13.8 Å². The van der Waals surface area contributed by atoms with Gasteiger partial charge in [0.1, 0.15) is 0 Å². The number of sulfone groups is 1. The molecular weight excluding hydrogens is 516 g/mol. The Balaban J connectivity index is 1.31. The Bertz CT molecular complexity index is 1570. The average Bonchev–Trinajstić information content (AvgIpc) is 2.92. The monoisotopic (exact) mass is 546 g/mol. The molecule has 1 fully saturated rings. The van der Waals surface area contributed by atoms with Crippen LogP contribution in [0.5, 0.6) is 0 Å². The summed E-state index contributed by atoms with van der Waals surface area (Å²) in [4.78, 5) is 9.21. The Labute approximate surface area is 228 Å². The molecule has 1 atom stereocenters. The summed E-state index contributed by atoms with van der Waals surface area (Å²) in [5.74, 6) is 1.15. The molecular formula is C28H30N6O2S2. The molecule has 0 spiro atoms. The van der Waals surface area contributed by atoms with E-state index in [0.29, 0.717) is 16.7 Å². The number of nitrogens with one attached hydrogen (secondary N) is 1. The highest BCUT2D eigenvalue weighted by molar-refractivity contribution is 7.90. The number of rotatable bonds is 5. The third-order valence-corrected chi connectivity index (χ3v) is 8.32. The van der Waals surface area contributed by atoms with Gasteiger partial charge < -0.3 is 15.1 Å². The number of nitrogens with zero attached hydrogens (tertiary/aromatic N) is 5. The molecule has 1 aliphatic heterocycles. The summed E-state index contributed by atoms with van der Waals surface area (Å²) in [6.45, 7) is 6.66. The minimum absolute atomic E-state index is 0.185. The molecule has 8 nitrogen and oxygen atoms in total. The van der Waals surface area contributed by atoms with Gasteiger partial charge in [0.2, 0.25) is 0 Å². The zero-order valence-electron chi connectivity index (χ0n) is 21.6. The van der Waals surface area contributed by atoms with Crippen LogP contribution in [0, 0.1) is 5.92 Å². The van der Waals surface area contributed by atoms with Crippen molar-refractivity contribution in [2.24, 2.45) is 5.92 Å². The van der Waals surface area contributed by atoms with E-state index in [1.165, 1.54) is 6.26 Å². The van der Waals surface area contributed by atoms with Gasteiger partial charge in [0, 0.05) is 48.7 Å². The van der Waals surface area contributed by atoms with E-state index < -0.39 is 9.84 Å². The highest BCUT2D eigenvalue weighted by atomic mass is 32.2. The Morgan fingerprint density at radius 2 is 1.84 bits per heavy atom. The number of fused-ring (bicyclic) bond motifs is 1. The van der Waals surface area contributed by atoms with E-state index in [9.17, 15) is 8.42 Å². The first-order valence-corrected chi connectivity index (χ1v) is 14.8. The van der Waals surface area contributed by atoms with Crippen molar-refractivity contribution in [3.63, 3.8) is 0 Å². The molecule has 0 aliphatic carbocycles. The van der Waals surface area contributed by atoms with Gasteiger partial charge in [-0.15, -0.1) is 10.2 Å². The zero-order valence-corrected chi connectivity index (χ0v) is 23.2. The topological polar surface area (TPSA) is 91.3 Å². The largest absolute Gasteiger partial charge is 0.351 e. The lowest BCUT2D eigenvalue weighted by atomic mass is 10.00. The fourth-order valence-electron chi connectivity index (χ4n) is 4.77. The molecule has 1 N–H and O–H groups in total. The summed E-state index contributed by atoms with van der Waals surface area (Å²) >= 11 is 5.88. The summed E-state index contributed by atoms with van der Waals surface area (Å²) in [6, 6.07) is 20.8. The molecule has 2 aromatic carbocycles. The first-order valence-electron chi connectivity index (χ1n) is 12.5. The van der Waals surface area contributed by atoms with Gasteiger partial charge in [0.25, 0.3) is 0 Å². The van der Waals surface area contributed by atoms with E-state index in [1.54, 1.807) is 24.4 Å². The van der Waals surface area contributed by atoms with Crippen LogP contribution < -0.4 is 10.2 Å². The lowest BCUT2D eigenvalue weighted by Gasteiger charge is -2.45. The molecule has 10 heteroatoms. The predicted octanol–water partition coefficient (Wildman–Crippen LogP) is 4.64. The van der Waals surface area contributed by atoms with Crippen LogP contribution >= 0.6 is 12.2 Å². The number of anilines is 2. The number of piperazine rings is 1. The van der Waals surface area contributed by atoms with Gasteiger partial charge >= 0.3 is 0 Å². The molecule has 0 radical (unpaired) electrons. The molecule has 196 valence electrons. The highest BCUT2D eigenvalue weighted by Crippen LogP contribution is 2.26. The fraction of sp³-hybridized carbons (Fsp3) is 0.286. The zero-order chi connectivity index (χ0) is 26.9. The molecule has 2 aromatic heterocycles. The van der Waals surface area contributed by atoms with E-state index in [2.05, 4.69) is 44.1 Å². The van der Waals surface area contributed by atoms with Crippen molar-refractivity contribution in [3.8, 4) is 11.3 Å². The summed E-state index contributed by atoms with van der Waals surface area (Å²) in [5, 5.41) is 14.1. The smallest absolute Gasteiger partial charge is 0.175 e. The third kappa shape index (κ3) is 5.46. The Morgan fingerprint density at radius 3 is 2.58 bits per heavy atom. The van der Waals surface area contributed by atoms with Gasteiger partial charge in [-0.05, 0) is 66.7 Å². The van der Waals surface area contributed by atoms with Crippen molar-refractivity contribution in [1.82, 2.24) is 20.1 Å². The van der Waals surface area contributed by atoms with E-state index in [-0.39, 0.29) is 10.9 Å². The standard InChI is InChI=1S/C28H30N6O2S2/c1-19(2)26-18-33(27-13-12-23(31-32-27)20-7-4-8-21(17-20)38(3,35)36)15-16-34(26)28(37)30-25-11-5-10-24-22(25)9-6-14-29-24/h4-14,17,19,26H,15-16,18H2,1-3H3,(H,30,37). The molecule has 3 heterocycles. The van der Waals surface area contributed by atoms with Crippen LogP contribution in [-0.2, 0) is 9.84 Å². The first-order chi connectivity index (χ1) is 18.2. The number of benzene rings is 2. The normalized spacial score (nSPS) is 16.2. The van der Waals surface area contributed by atoms with Gasteiger partial charge in [0.15, 0.2) is 20.8 Å². The lowest BCUT2D eigenvalue weighted by Crippen LogP contribution is -2.58. The molecule has 38 heavy (non-hydrogen) atoms. The Hall–Kier alpha value is -3.63. The van der Waals surface area contributed by atoms with Crippen molar-refractivity contribution in [2.45, 2.75) is 24.8 Å². The Kier molecular flexibility index (Phi) is 7.27. The second-order valence-electron chi connectivity index (χ2n) is 9.83.